The Morgan fingerprint density at radius 1 is 1.06 bits per heavy atom. The smallest absolute Gasteiger partial charge is 0.245 e. The van der Waals surface area contributed by atoms with Gasteiger partial charge in [0.15, 0.2) is 0 Å². The zero-order valence-electron chi connectivity index (χ0n) is 18.2. The van der Waals surface area contributed by atoms with Crippen molar-refractivity contribution in [1.29, 1.82) is 0 Å². The number of ether oxygens (including phenoxy) is 1. The van der Waals surface area contributed by atoms with Gasteiger partial charge in [-0.1, -0.05) is 30.3 Å². The van der Waals surface area contributed by atoms with Crippen LogP contribution in [0.25, 0.3) is 10.8 Å². The molecule has 0 aromatic heterocycles. The van der Waals surface area contributed by atoms with Crippen molar-refractivity contribution in [2.45, 2.75) is 44.1 Å². The summed E-state index contributed by atoms with van der Waals surface area (Å²) < 4.78 is 60.6. The molecule has 0 aliphatic heterocycles. The average Bonchev–Trinajstić information content (AvgIpc) is 3.51. The number of hydrogen-bond donors (Lipinski definition) is 2. The maximum Gasteiger partial charge on any atom is 0.245 e. The molecule has 33 heavy (non-hydrogen) atoms. The fourth-order valence-electron chi connectivity index (χ4n) is 3.66. The molecule has 1 aliphatic carbocycles. The Balaban J connectivity index is 1.53. The Labute approximate surface area is 191 Å². The van der Waals surface area contributed by atoms with Crippen molar-refractivity contribution in [2.75, 3.05) is 5.32 Å². The van der Waals surface area contributed by atoms with E-state index in [0.717, 1.165) is 22.9 Å². The van der Waals surface area contributed by atoms with Gasteiger partial charge in [0.1, 0.15) is 22.9 Å². The Morgan fingerprint density at radius 3 is 2.39 bits per heavy atom. The minimum Gasteiger partial charge on any atom is -0.490 e. The summed E-state index contributed by atoms with van der Waals surface area (Å²) in [6, 6.07) is 13.6. The van der Waals surface area contributed by atoms with E-state index >= 15 is 0 Å². The Morgan fingerprint density at radius 2 is 1.76 bits per heavy atom. The monoisotopic (exact) mass is 474 g/mol. The van der Waals surface area contributed by atoms with Crippen molar-refractivity contribution < 1.29 is 26.7 Å². The third kappa shape index (κ3) is 5.15. The van der Waals surface area contributed by atoms with E-state index in [9.17, 15) is 22.0 Å². The number of sulfonamides is 1. The van der Waals surface area contributed by atoms with Crippen LogP contribution in [-0.4, -0.2) is 26.0 Å². The fraction of sp³-hybridized carbons (Fsp3) is 0.292. The molecule has 0 unspecified atom stereocenters. The molecular weight excluding hydrogens is 450 g/mol. The van der Waals surface area contributed by atoms with Crippen LogP contribution in [0.5, 0.6) is 5.75 Å². The van der Waals surface area contributed by atoms with Gasteiger partial charge in [-0.05, 0) is 44.9 Å². The Bertz CT molecular complexity index is 1320. The molecule has 9 heteroatoms. The molecule has 0 saturated heterocycles. The third-order valence-corrected chi connectivity index (χ3v) is 6.78. The molecule has 0 spiro atoms. The second kappa shape index (κ2) is 8.72. The lowest BCUT2D eigenvalue weighted by Crippen LogP contribution is -2.46. The summed E-state index contributed by atoms with van der Waals surface area (Å²) in [5.41, 5.74) is -0.947. The van der Waals surface area contributed by atoms with Crippen molar-refractivity contribution in [1.82, 2.24) is 4.72 Å². The third-order valence-electron chi connectivity index (χ3n) is 5.39. The van der Waals surface area contributed by atoms with E-state index < -0.39 is 38.9 Å². The molecule has 0 radical (unpaired) electrons. The van der Waals surface area contributed by atoms with Crippen molar-refractivity contribution in [3.05, 3.63) is 71.8 Å². The second-order valence-electron chi connectivity index (χ2n) is 8.46. The van der Waals surface area contributed by atoms with Gasteiger partial charge in [0.2, 0.25) is 15.9 Å². The zero-order valence-corrected chi connectivity index (χ0v) is 19.0. The van der Waals surface area contributed by atoms with Crippen LogP contribution in [0.2, 0.25) is 0 Å². The standard InChI is InChI=1S/C24H24F2N2O4S/c1-15(2)32-22-10-9-21(18-5-3-4-6-19(18)22)27-23(29)24(11-12-24)28-33(30,31)14-16-7-8-17(25)13-20(16)26/h3-10,13,15,28H,11-12,14H2,1-2H3,(H,27,29). The highest BCUT2D eigenvalue weighted by Crippen LogP contribution is 2.39. The summed E-state index contributed by atoms with van der Waals surface area (Å²) >= 11 is 0. The quantitative estimate of drug-likeness (QED) is 0.504. The number of benzene rings is 3. The Kier molecular flexibility index (Phi) is 6.11. The largest absolute Gasteiger partial charge is 0.490 e. The van der Waals surface area contributed by atoms with Gasteiger partial charge < -0.3 is 10.1 Å². The summed E-state index contributed by atoms with van der Waals surface area (Å²) in [6.07, 6.45) is 0.608. The molecule has 2 N–H and O–H groups in total. The van der Waals surface area contributed by atoms with Crippen molar-refractivity contribution >= 4 is 32.4 Å². The first-order valence-corrected chi connectivity index (χ1v) is 12.2. The van der Waals surface area contributed by atoms with Crippen LogP contribution < -0.4 is 14.8 Å². The number of halogens is 2. The minimum absolute atomic E-state index is 0.0241. The van der Waals surface area contributed by atoms with E-state index in [-0.39, 0.29) is 11.7 Å². The van der Waals surface area contributed by atoms with Crippen LogP contribution in [0.1, 0.15) is 32.3 Å². The molecule has 0 bridgehead atoms. The maximum atomic E-state index is 13.9. The van der Waals surface area contributed by atoms with Crippen LogP contribution >= 0.6 is 0 Å². The van der Waals surface area contributed by atoms with E-state index in [1.165, 1.54) is 0 Å². The van der Waals surface area contributed by atoms with Gasteiger partial charge in [-0.15, -0.1) is 0 Å². The van der Waals surface area contributed by atoms with Gasteiger partial charge in [-0.2, -0.15) is 4.72 Å². The molecule has 1 aliphatic rings. The highest BCUT2D eigenvalue weighted by molar-refractivity contribution is 7.88. The molecular formula is C24H24F2N2O4S. The van der Waals surface area contributed by atoms with Crippen molar-refractivity contribution in [2.24, 2.45) is 0 Å². The number of anilines is 1. The normalized spacial score (nSPS) is 14.9. The predicted octanol–water partition coefficient (Wildman–Crippen LogP) is 4.50. The summed E-state index contributed by atoms with van der Waals surface area (Å²) in [5.74, 6) is -2.25. The summed E-state index contributed by atoms with van der Waals surface area (Å²) in [6.45, 7) is 3.84. The van der Waals surface area contributed by atoms with E-state index in [0.29, 0.717) is 30.3 Å². The first-order chi connectivity index (χ1) is 15.6. The molecule has 0 atom stereocenters. The lowest BCUT2D eigenvalue weighted by atomic mass is 10.1. The number of carbonyl (C=O) groups is 1. The van der Waals surface area contributed by atoms with Gasteiger partial charge in [-0.25, -0.2) is 17.2 Å². The van der Waals surface area contributed by atoms with Crippen LogP contribution in [0.15, 0.2) is 54.6 Å². The van der Waals surface area contributed by atoms with Crippen molar-refractivity contribution in [3.8, 4) is 5.75 Å². The van der Waals surface area contributed by atoms with E-state index in [2.05, 4.69) is 10.0 Å². The minimum atomic E-state index is -4.06. The van der Waals surface area contributed by atoms with Gasteiger partial charge in [-0.3, -0.25) is 4.79 Å². The molecule has 3 aromatic rings. The SMILES string of the molecule is CC(C)Oc1ccc(NC(=O)C2(NS(=O)(=O)Cc3ccc(F)cc3F)CC2)c2ccccc12. The highest BCUT2D eigenvalue weighted by Gasteiger charge is 2.52. The number of amides is 1. The van der Waals surface area contributed by atoms with Crippen LogP contribution in [0, 0.1) is 11.6 Å². The lowest BCUT2D eigenvalue weighted by Gasteiger charge is -2.19. The number of fused-ring (bicyclic) bond motifs is 1. The van der Waals surface area contributed by atoms with Gasteiger partial charge >= 0.3 is 0 Å². The summed E-state index contributed by atoms with van der Waals surface area (Å²) in [4.78, 5) is 13.1. The zero-order chi connectivity index (χ0) is 23.8. The molecule has 4 rings (SSSR count). The van der Waals surface area contributed by atoms with E-state index in [1.807, 2.05) is 38.1 Å². The first kappa shape index (κ1) is 23.1. The fourth-order valence-corrected chi connectivity index (χ4v) is 5.26. The van der Waals surface area contributed by atoms with Crippen LogP contribution in [0.3, 0.4) is 0 Å². The topological polar surface area (TPSA) is 84.5 Å². The predicted molar refractivity (Wildman–Crippen MR) is 122 cm³/mol. The molecule has 1 amide bonds. The summed E-state index contributed by atoms with van der Waals surface area (Å²) in [5, 5.41) is 4.41. The maximum absolute atomic E-state index is 13.9. The molecule has 6 nitrogen and oxygen atoms in total. The van der Waals surface area contributed by atoms with Crippen molar-refractivity contribution in [3.63, 3.8) is 0 Å². The van der Waals surface area contributed by atoms with Crippen LogP contribution in [-0.2, 0) is 20.6 Å². The van der Waals surface area contributed by atoms with E-state index in [1.54, 1.807) is 12.1 Å². The number of rotatable bonds is 8. The van der Waals surface area contributed by atoms with E-state index in [4.69, 9.17) is 4.74 Å². The molecule has 0 heterocycles. The molecule has 1 saturated carbocycles. The first-order valence-electron chi connectivity index (χ1n) is 10.5. The average molecular weight is 475 g/mol. The van der Waals surface area contributed by atoms with Crippen LogP contribution in [0.4, 0.5) is 14.5 Å². The highest BCUT2D eigenvalue weighted by atomic mass is 32.2. The molecule has 1 fully saturated rings. The molecule has 3 aromatic carbocycles. The lowest BCUT2D eigenvalue weighted by molar-refractivity contribution is -0.118. The Hall–Kier alpha value is -3.04. The second-order valence-corrected chi connectivity index (χ2v) is 10.2. The molecule has 174 valence electrons. The van der Waals surface area contributed by atoms with Gasteiger partial charge in [0, 0.05) is 28.1 Å². The number of carbonyl (C=O) groups excluding carboxylic acids is 1. The number of hydrogen-bond acceptors (Lipinski definition) is 4. The van der Waals surface area contributed by atoms with Gasteiger partial charge in [0.05, 0.1) is 11.9 Å². The van der Waals surface area contributed by atoms with Gasteiger partial charge in [0.25, 0.3) is 0 Å². The number of nitrogens with one attached hydrogen (secondary N) is 2. The summed E-state index contributed by atoms with van der Waals surface area (Å²) in [7, 11) is -4.06.